The van der Waals surface area contributed by atoms with E-state index < -0.39 is 26.7 Å². The normalized spacial score (nSPS) is 12.8. The fraction of sp³-hybridized carbons (Fsp3) is 0.455. The number of nitrogens with zero attached hydrogens (tertiary/aromatic N) is 2. The highest BCUT2D eigenvalue weighted by molar-refractivity contribution is 7.89. The number of rotatable bonds is 3. The van der Waals surface area contributed by atoms with E-state index in [0.717, 1.165) is 16.4 Å². The Morgan fingerprint density at radius 3 is 1.95 bits per heavy atom. The van der Waals surface area contributed by atoms with Gasteiger partial charge in [0.05, 0.1) is 10.5 Å². The standard InChI is InChI=1S/C11H15F3N2O2S/c1-15(2)8-5-6-10(19(17,18)16(3)4)9(7-8)11(12,13)14/h5-7H,1-4H3. The van der Waals surface area contributed by atoms with Gasteiger partial charge in [0.25, 0.3) is 0 Å². The molecule has 0 spiro atoms. The largest absolute Gasteiger partial charge is 0.417 e. The third-order valence-corrected chi connectivity index (χ3v) is 4.42. The number of hydrogen-bond acceptors (Lipinski definition) is 3. The van der Waals surface area contributed by atoms with Crippen LogP contribution in [0.15, 0.2) is 23.1 Å². The average molecular weight is 296 g/mol. The Kier molecular flexibility index (Phi) is 4.16. The summed E-state index contributed by atoms with van der Waals surface area (Å²) in [5.74, 6) is 0. The van der Waals surface area contributed by atoms with Crippen LogP contribution >= 0.6 is 0 Å². The van der Waals surface area contributed by atoms with Crippen LogP contribution in [-0.2, 0) is 16.2 Å². The van der Waals surface area contributed by atoms with E-state index in [2.05, 4.69) is 0 Å². The SMILES string of the molecule is CN(C)c1ccc(S(=O)(=O)N(C)C)c(C(F)(F)F)c1. The molecule has 0 saturated carbocycles. The van der Waals surface area contributed by atoms with Gasteiger partial charge in [0.15, 0.2) is 0 Å². The molecular weight excluding hydrogens is 281 g/mol. The number of hydrogen-bond donors (Lipinski definition) is 0. The van der Waals surface area contributed by atoms with Gasteiger partial charge in [-0.25, -0.2) is 12.7 Å². The van der Waals surface area contributed by atoms with Crippen LogP contribution in [0.5, 0.6) is 0 Å². The number of anilines is 1. The minimum absolute atomic E-state index is 0.282. The molecule has 1 aromatic carbocycles. The van der Waals surface area contributed by atoms with Crippen LogP contribution in [-0.4, -0.2) is 40.9 Å². The van der Waals surface area contributed by atoms with E-state index in [0.29, 0.717) is 0 Å². The molecule has 0 aliphatic rings. The van der Waals surface area contributed by atoms with E-state index in [1.165, 1.54) is 25.1 Å². The van der Waals surface area contributed by atoms with E-state index in [-0.39, 0.29) is 5.69 Å². The topological polar surface area (TPSA) is 40.6 Å². The van der Waals surface area contributed by atoms with Gasteiger partial charge in [0.2, 0.25) is 10.0 Å². The molecule has 0 aliphatic heterocycles. The summed E-state index contributed by atoms with van der Waals surface area (Å²) in [6.07, 6.45) is -4.73. The van der Waals surface area contributed by atoms with Crippen molar-refractivity contribution >= 4 is 15.7 Å². The molecule has 19 heavy (non-hydrogen) atoms. The fourth-order valence-corrected chi connectivity index (χ4v) is 2.53. The van der Waals surface area contributed by atoms with Crippen molar-refractivity contribution in [2.45, 2.75) is 11.1 Å². The third-order valence-electron chi connectivity index (χ3n) is 2.54. The zero-order valence-corrected chi connectivity index (χ0v) is 11.8. The Balaban J connectivity index is 3.59. The Morgan fingerprint density at radius 1 is 1.05 bits per heavy atom. The van der Waals surface area contributed by atoms with Crippen molar-refractivity contribution in [2.24, 2.45) is 0 Å². The summed E-state index contributed by atoms with van der Waals surface area (Å²) in [7, 11) is 1.40. The summed E-state index contributed by atoms with van der Waals surface area (Å²) in [6.45, 7) is 0. The van der Waals surface area contributed by atoms with Gasteiger partial charge in [-0.3, -0.25) is 0 Å². The number of benzene rings is 1. The molecule has 4 nitrogen and oxygen atoms in total. The van der Waals surface area contributed by atoms with Crippen LogP contribution in [0.25, 0.3) is 0 Å². The second-order valence-electron chi connectivity index (χ2n) is 4.36. The molecule has 0 atom stereocenters. The van der Waals surface area contributed by atoms with E-state index in [1.807, 2.05) is 0 Å². The molecule has 0 N–H and O–H groups in total. The van der Waals surface area contributed by atoms with Crippen LogP contribution in [0.2, 0.25) is 0 Å². The number of sulfonamides is 1. The minimum Gasteiger partial charge on any atom is -0.378 e. The van der Waals surface area contributed by atoms with Crippen molar-refractivity contribution in [3.63, 3.8) is 0 Å². The lowest BCUT2D eigenvalue weighted by Crippen LogP contribution is -2.25. The van der Waals surface area contributed by atoms with Crippen molar-refractivity contribution in [3.05, 3.63) is 23.8 Å². The Bertz CT molecular complexity index is 566. The first-order valence-corrected chi connectivity index (χ1v) is 6.73. The summed E-state index contributed by atoms with van der Waals surface area (Å²) in [5.41, 5.74) is -0.877. The summed E-state index contributed by atoms with van der Waals surface area (Å²) in [6, 6.07) is 3.15. The van der Waals surface area contributed by atoms with Gasteiger partial charge >= 0.3 is 6.18 Å². The first kappa shape index (κ1) is 15.8. The molecule has 1 rings (SSSR count). The molecule has 0 radical (unpaired) electrons. The Hall–Kier alpha value is -1.28. The maximum absolute atomic E-state index is 13.0. The second kappa shape index (κ2) is 5.01. The van der Waals surface area contributed by atoms with Crippen LogP contribution in [0.1, 0.15) is 5.56 Å². The van der Waals surface area contributed by atoms with E-state index >= 15 is 0 Å². The molecule has 0 fully saturated rings. The molecule has 0 aliphatic carbocycles. The molecule has 1 aromatic rings. The minimum atomic E-state index is -4.73. The van der Waals surface area contributed by atoms with Gasteiger partial charge < -0.3 is 4.90 Å². The van der Waals surface area contributed by atoms with Crippen LogP contribution < -0.4 is 4.90 Å². The fourth-order valence-electron chi connectivity index (χ4n) is 1.44. The summed E-state index contributed by atoms with van der Waals surface area (Å²) in [5, 5.41) is 0. The van der Waals surface area contributed by atoms with Crippen molar-refractivity contribution in [1.82, 2.24) is 4.31 Å². The first-order valence-electron chi connectivity index (χ1n) is 5.29. The highest BCUT2D eigenvalue weighted by atomic mass is 32.2. The van der Waals surface area contributed by atoms with Crippen molar-refractivity contribution in [1.29, 1.82) is 0 Å². The predicted molar refractivity (Wildman–Crippen MR) is 66.6 cm³/mol. The van der Waals surface area contributed by atoms with Crippen molar-refractivity contribution < 1.29 is 21.6 Å². The van der Waals surface area contributed by atoms with Gasteiger partial charge in [-0.1, -0.05) is 0 Å². The van der Waals surface area contributed by atoms with Gasteiger partial charge in [-0.05, 0) is 18.2 Å². The monoisotopic (exact) mass is 296 g/mol. The van der Waals surface area contributed by atoms with E-state index in [9.17, 15) is 21.6 Å². The Morgan fingerprint density at radius 2 is 1.58 bits per heavy atom. The highest BCUT2D eigenvalue weighted by Gasteiger charge is 2.38. The van der Waals surface area contributed by atoms with Crippen LogP contribution in [0.4, 0.5) is 18.9 Å². The average Bonchev–Trinajstić information content (AvgIpc) is 2.26. The third kappa shape index (κ3) is 3.19. The maximum atomic E-state index is 13.0. The molecule has 0 aromatic heterocycles. The second-order valence-corrected chi connectivity index (χ2v) is 6.48. The molecule has 8 heteroatoms. The molecule has 0 bridgehead atoms. The van der Waals surface area contributed by atoms with Gasteiger partial charge in [-0.15, -0.1) is 0 Å². The smallest absolute Gasteiger partial charge is 0.378 e. The predicted octanol–water partition coefficient (Wildman–Crippen LogP) is 2.02. The summed E-state index contributed by atoms with van der Waals surface area (Å²) in [4.78, 5) is 0.733. The zero-order valence-electron chi connectivity index (χ0n) is 11.0. The molecular formula is C11H15F3N2O2S. The lowest BCUT2D eigenvalue weighted by Gasteiger charge is -2.20. The van der Waals surface area contributed by atoms with Crippen molar-refractivity contribution in [3.8, 4) is 0 Å². The van der Waals surface area contributed by atoms with Crippen LogP contribution in [0, 0.1) is 0 Å². The molecule has 0 amide bonds. The summed E-state index contributed by atoms with van der Waals surface area (Å²) < 4.78 is 63.5. The quantitative estimate of drug-likeness (QED) is 0.857. The first-order chi connectivity index (χ1) is 8.48. The molecule has 0 unspecified atom stereocenters. The van der Waals surface area contributed by atoms with Crippen LogP contribution in [0.3, 0.4) is 0 Å². The molecule has 0 saturated heterocycles. The van der Waals surface area contributed by atoms with Crippen molar-refractivity contribution in [2.75, 3.05) is 33.1 Å². The maximum Gasteiger partial charge on any atom is 0.417 e. The molecule has 0 heterocycles. The number of alkyl halides is 3. The summed E-state index contributed by atoms with van der Waals surface area (Å²) >= 11 is 0. The Labute approximate surface area is 110 Å². The zero-order chi connectivity index (χ0) is 15.0. The van der Waals surface area contributed by atoms with E-state index in [1.54, 1.807) is 14.1 Å². The van der Waals surface area contributed by atoms with Gasteiger partial charge in [0, 0.05) is 33.9 Å². The lowest BCUT2D eigenvalue weighted by atomic mass is 10.2. The van der Waals surface area contributed by atoms with E-state index in [4.69, 9.17) is 0 Å². The lowest BCUT2D eigenvalue weighted by molar-refractivity contribution is -0.139. The molecule has 108 valence electrons. The van der Waals surface area contributed by atoms with Gasteiger partial charge in [0.1, 0.15) is 0 Å². The highest BCUT2D eigenvalue weighted by Crippen LogP contribution is 2.37. The van der Waals surface area contributed by atoms with Gasteiger partial charge in [-0.2, -0.15) is 13.2 Å². The number of halogens is 3.